The van der Waals surface area contributed by atoms with Crippen LogP contribution in [0.3, 0.4) is 0 Å². The molecule has 0 radical (unpaired) electrons. The summed E-state index contributed by atoms with van der Waals surface area (Å²) in [5, 5.41) is 6.18. The molecule has 0 bridgehead atoms. The third kappa shape index (κ3) is 1.17. The highest BCUT2D eigenvalue weighted by Gasteiger charge is 2.17. The Morgan fingerprint density at radius 2 is 2.43 bits per heavy atom. The van der Waals surface area contributed by atoms with Crippen molar-refractivity contribution in [2.45, 2.75) is 0 Å². The quantitative estimate of drug-likeness (QED) is 0.651. The van der Waals surface area contributed by atoms with Gasteiger partial charge in [0.05, 0.1) is 11.8 Å². The van der Waals surface area contributed by atoms with E-state index in [2.05, 4.69) is 15.2 Å². The number of nitrogens with zero attached hydrogens (tertiary/aromatic N) is 3. The number of aromatic nitrogens is 4. The second-order valence-electron chi connectivity index (χ2n) is 2.89. The maximum Gasteiger partial charge on any atom is 0.233 e. The summed E-state index contributed by atoms with van der Waals surface area (Å²) < 4.78 is 1.63. The van der Waals surface area contributed by atoms with Crippen LogP contribution in [0.5, 0.6) is 0 Å². The predicted octanol–water partition coefficient (Wildman–Crippen LogP) is -0.0436. The monoisotopic (exact) mass is 191 g/mol. The molecule has 6 heteroatoms. The number of anilines is 1. The second kappa shape index (κ2) is 2.99. The van der Waals surface area contributed by atoms with Crippen LogP contribution in [-0.2, 0) is 7.05 Å². The Morgan fingerprint density at radius 3 is 2.93 bits per heavy atom. The number of rotatable bonds is 2. The number of ketones is 1. The molecule has 6 nitrogen and oxygen atoms in total. The van der Waals surface area contributed by atoms with Crippen molar-refractivity contribution in [1.29, 1.82) is 0 Å². The number of imidazole rings is 1. The molecule has 0 aliphatic heterocycles. The SMILES string of the molecule is Cn1ccnc1C(=O)c1cn[nH]c1N. The van der Waals surface area contributed by atoms with Gasteiger partial charge >= 0.3 is 0 Å². The van der Waals surface area contributed by atoms with Gasteiger partial charge in [-0.25, -0.2) is 4.98 Å². The number of aromatic amines is 1. The average Bonchev–Trinajstić information content (AvgIpc) is 2.73. The van der Waals surface area contributed by atoms with Crippen LogP contribution in [0.2, 0.25) is 0 Å². The van der Waals surface area contributed by atoms with Crippen LogP contribution in [0.15, 0.2) is 18.6 Å². The van der Waals surface area contributed by atoms with Gasteiger partial charge in [-0.05, 0) is 0 Å². The van der Waals surface area contributed by atoms with E-state index in [4.69, 9.17) is 5.73 Å². The number of nitrogens with two attached hydrogens (primary N) is 1. The van der Waals surface area contributed by atoms with Crippen molar-refractivity contribution in [3.63, 3.8) is 0 Å². The lowest BCUT2D eigenvalue weighted by atomic mass is 10.2. The summed E-state index contributed by atoms with van der Waals surface area (Å²) in [5.41, 5.74) is 5.87. The fraction of sp³-hybridized carbons (Fsp3) is 0.125. The minimum Gasteiger partial charge on any atom is -0.383 e. The molecule has 0 aliphatic rings. The van der Waals surface area contributed by atoms with Gasteiger partial charge < -0.3 is 10.3 Å². The number of carbonyl (C=O) groups is 1. The zero-order chi connectivity index (χ0) is 10.1. The Kier molecular flexibility index (Phi) is 1.81. The van der Waals surface area contributed by atoms with Gasteiger partial charge in [-0.2, -0.15) is 5.10 Å². The highest BCUT2D eigenvalue weighted by atomic mass is 16.1. The summed E-state index contributed by atoms with van der Waals surface area (Å²) in [6.45, 7) is 0. The van der Waals surface area contributed by atoms with Gasteiger partial charge in [0.1, 0.15) is 5.82 Å². The highest BCUT2D eigenvalue weighted by Crippen LogP contribution is 2.11. The van der Waals surface area contributed by atoms with Crippen LogP contribution in [-0.4, -0.2) is 25.5 Å². The van der Waals surface area contributed by atoms with Gasteiger partial charge in [-0.15, -0.1) is 0 Å². The minimum atomic E-state index is -0.233. The van der Waals surface area contributed by atoms with E-state index < -0.39 is 0 Å². The smallest absolute Gasteiger partial charge is 0.233 e. The van der Waals surface area contributed by atoms with Crippen LogP contribution in [0.25, 0.3) is 0 Å². The Balaban J connectivity index is 2.44. The van der Waals surface area contributed by atoms with Crippen molar-refractivity contribution in [3.8, 4) is 0 Å². The van der Waals surface area contributed by atoms with Crippen LogP contribution >= 0.6 is 0 Å². The van der Waals surface area contributed by atoms with Crippen molar-refractivity contribution < 1.29 is 4.79 Å². The average molecular weight is 191 g/mol. The molecule has 0 aromatic carbocycles. The second-order valence-corrected chi connectivity index (χ2v) is 2.89. The fourth-order valence-electron chi connectivity index (χ4n) is 1.18. The van der Waals surface area contributed by atoms with E-state index in [1.165, 1.54) is 6.20 Å². The molecule has 0 saturated carbocycles. The summed E-state index contributed by atoms with van der Waals surface area (Å²) >= 11 is 0. The van der Waals surface area contributed by atoms with E-state index in [1.54, 1.807) is 24.0 Å². The number of carbonyl (C=O) groups excluding carboxylic acids is 1. The van der Waals surface area contributed by atoms with E-state index in [9.17, 15) is 4.79 Å². The van der Waals surface area contributed by atoms with Gasteiger partial charge in [-0.3, -0.25) is 9.89 Å². The Bertz CT molecular complexity index is 427. The summed E-state index contributed by atoms with van der Waals surface area (Å²) in [4.78, 5) is 15.7. The molecule has 14 heavy (non-hydrogen) atoms. The molecule has 0 spiro atoms. The third-order valence-corrected chi connectivity index (χ3v) is 1.94. The molecule has 0 aliphatic carbocycles. The predicted molar refractivity (Wildman–Crippen MR) is 49.6 cm³/mol. The van der Waals surface area contributed by atoms with Crippen molar-refractivity contribution in [2.24, 2.45) is 7.05 Å². The molecule has 0 atom stereocenters. The zero-order valence-corrected chi connectivity index (χ0v) is 7.56. The minimum absolute atomic E-state index is 0.233. The molecule has 3 N–H and O–H groups in total. The maximum absolute atomic E-state index is 11.8. The number of hydrogen-bond donors (Lipinski definition) is 2. The van der Waals surface area contributed by atoms with E-state index in [0.29, 0.717) is 11.4 Å². The van der Waals surface area contributed by atoms with Crippen LogP contribution in [0, 0.1) is 0 Å². The lowest BCUT2D eigenvalue weighted by Gasteiger charge is -1.98. The topological polar surface area (TPSA) is 89.6 Å². The first kappa shape index (κ1) is 8.49. The van der Waals surface area contributed by atoms with Crippen molar-refractivity contribution in [1.82, 2.24) is 19.7 Å². The van der Waals surface area contributed by atoms with Gasteiger partial charge in [0.15, 0.2) is 5.82 Å². The Labute approximate surface area is 79.8 Å². The number of H-pyrrole nitrogens is 1. The van der Waals surface area contributed by atoms with E-state index in [0.717, 1.165) is 0 Å². The highest BCUT2D eigenvalue weighted by molar-refractivity contribution is 6.09. The van der Waals surface area contributed by atoms with E-state index >= 15 is 0 Å². The largest absolute Gasteiger partial charge is 0.383 e. The van der Waals surface area contributed by atoms with Gasteiger partial charge in [0.2, 0.25) is 5.78 Å². The molecule has 2 rings (SSSR count). The molecule has 0 unspecified atom stereocenters. The Hall–Kier alpha value is -2.11. The van der Waals surface area contributed by atoms with Crippen molar-refractivity contribution in [3.05, 3.63) is 30.0 Å². The lowest BCUT2D eigenvalue weighted by molar-refractivity contribution is 0.102. The molecule has 2 aromatic heterocycles. The summed E-state index contributed by atoms with van der Waals surface area (Å²) in [5.74, 6) is 0.375. The number of hydrogen-bond acceptors (Lipinski definition) is 4. The van der Waals surface area contributed by atoms with Gasteiger partial charge in [0.25, 0.3) is 0 Å². The summed E-state index contributed by atoms with van der Waals surface area (Å²) in [7, 11) is 1.75. The molecule has 0 amide bonds. The molecule has 0 saturated heterocycles. The normalized spacial score (nSPS) is 10.4. The van der Waals surface area contributed by atoms with Crippen LogP contribution < -0.4 is 5.73 Å². The number of aryl methyl sites for hydroxylation is 1. The maximum atomic E-state index is 11.8. The van der Waals surface area contributed by atoms with E-state index in [1.807, 2.05) is 0 Å². The zero-order valence-electron chi connectivity index (χ0n) is 7.56. The van der Waals surface area contributed by atoms with E-state index in [-0.39, 0.29) is 11.6 Å². The molecular weight excluding hydrogens is 182 g/mol. The third-order valence-electron chi connectivity index (χ3n) is 1.94. The van der Waals surface area contributed by atoms with Crippen LogP contribution in [0.4, 0.5) is 5.82 Å². The number of nitrogens with one attached hydrogen (secondary N) is 1. The van der Waals surface area contributed by atoms with Crippen molar-refractivity contribution >= 4 is 11.6 Å². The molecule has 2 aromatic rings. The first-order valence-electron chi connectivity index (χ1n) is 4.01. The Morgan fingerprint density at radius 1 is 1.64 bits per heavy atom. The first-order valence-corrected chi connectivity index (χ1v) is 4.01. The molecule has 2 heterocycles. The lowest BCUT2D eigenvalue weighted by Crippen LogP contribution is -2.09. The van der Waals surface area contributed by atoms with Gasteiger partial charge in [-0.1, -0.05) is 0 Å². The summed E-state index contributed by atoms with van der Waals surface area (Å²) in [6, 6.07) is 0. The standard InChI is InChI=1S/C8H9N5O/c1-13-3-2-10-8(13)6(14)5-4-11-12-7(5)9/h2-4H,1H3,(H3,9,11,12). The summed E-state index contributed by atoms with van der Waals surface area (Å²) in [6.07, 6.45) is 4.65. The van der Waals surface area contributed by atoms with Gasteiger partial charge in [0, 0.05) is 19.4 Å². The first-order chi connectivity index (χ1) is 6.70. The van der Waals surface area contributed by atoms with Crippen molar-refractivity contribution in [2.75, 3.05) is 5.73 Å². The fourth-order valence-corrected chi connectivity index (χ4v) is 1.18. The molecular formula is C8H9N5O. The molecule has 72 valence electrons. The van der Waals surface area contributed by atoms with Crippen LogP contribution in [0.1, 0.15) is 16.2 Å². The number of nitrogen functional groups attached to an aromatic ring is 1. The molecule has 0 fully saturated rings.